The molecule has 0 atom stereocenters. The zero-order valence-electron chi connectivity index (χ0n) is 16.9. The van der Waals surface area contributed by atoms with Gasteiger partial charge in [-0.25, -0.2) is 12.7 Å². The van der Waals surface area contributed by atoms with Crippen LogP contribution in [0.25, 0.3) is 0 Å². The second kappa shape index (κ2) is 9.41. The van der Waals surface area contributed by atoms with Crippen LogP contribution in [0.1, 0.15) is 49.0 Å². The van der Waals surface area contributed by atoms with E-state index in [1.807, 2.05) is 26.0 Å². The number of carbonyl (C=O) groups is 1. The maximum absolute atomic E-state index is 12.5. The molecule has 7 heteroatoms. The molecule has 1 saturated heterocycles. The van der Waals surface area contributed by atoms with Crippen molar-refractivity contribution in [1.29, 1.82) is 0 Å². The zero-order valence-corrected chi connectivity index (χ0v) is 17.7. The van der Waals surface area contributed by atoms with Gasteiger partial charge in [-0.15, -0.1) is 0 Å². The van der Waals surface area contributed by atoms with Crippen molar-refractivity contribution in [1.82, 2.24) is 4.31 Å². The van der Waals surface area contributed by atoms with E-state index < -0.39 is 10.0 Å². The fourth-order valence-electron chi connectivity index (χ4n) is 3.29. The summed E-state index contributed by atoms with van der Waals surface area (Å²) in [6, 6.07) is 13.9. The van der Waals surface area contributed by atoms with Crippen LogP contribution in [0.5, 0.6) is 5.75 Å². The predicted molar refractivity (Wildman–Crippen MR) is 115 cm³/mol. The zero-order chi connectivity index (χ0) is 20.9. The first-order valence-electron chi connectivity index (χ1n) is 9.98. The highest BCUT2D eigenvalue weighted by Gasteiger charge is 2.24. The summed E-state index contributed by atoms with van der Waals surface area (Å²) in [7, 11) is -3.31. The Hall–Kier alpha value is -2.38. The summed E-state index contributed by atoms with van der Waals surface area (Å²) in [5.41, 5.74) is 1.83. The highest BCUT2D eigenvalue weighted by Crippen LogP contribution is 2.19. The van der Waals surface area contributed by atoms with E-state index in [1.165, 1.54) is 0 Å². The summed E-state index contributed by atoms with van der Waals surface area (Å²) in [6.07, 6.45) is 3.02. The third-order valence-electron chi connectivity index (χ3n) is 4.76. The lowest BCUT2D eigenvalue weighted by Crippen LogP contribution is -2.36. The molecule has 0 saturated carbocycles. The molecule has 0 aliphatic carbocycles. The van der Waals surface area contributed by atoms with Gasteiger partial charge in [0, 0.05) is 24.3 Å². The molecule has 3 rings (SSSR count). The maximum atomic E-state index is 12.5. The van der Waals surface area contributed by atoms with Crippen molar-refractivity contribution in [3.63, 3.8) is 0 Å². The SMILES string of the molecule is CC(C)Oc1ccc(NC(=O)c2ccc(CS(=O)(=O)N3CCCCC3)cc2)cc1. The number of ether oxygens (including phenoxy) is 1. The van der Waals surface area contributed by atoms with Gasteiger partial charge >= 0.3 is 0 Å². The molecule has 0 radical (unpaired) electrons. The number of hydrogen-bond acceptors (Lipinski definition) is 4. The van der Waals surface area contributed by atoms with Crippen molar-refractivity contribution in [2.45, 2.75) is 45.0 Å². The number of anilines is 1. The molecule has 156 valence electrons. The van der Waals surface area contributed by atoms with Crippen LogP contribution in [0.3, 0.4) is 0 Å². The second-order valence-corrected chi connectivity index (χ2v) is 9.53. The van der Waals surface area contributed by atoms with E-state index in [4.69, 9.17) is 4.74 Å². The van der Waals surface area contributed by atoms with Gasteiger partial charge in [0.25, 0.3) is 5.91 Å². The van der Waals surface area contributed by atoms with Gasteiger partial charge in [-0.2, -0.15) is 0 Å². The average Bonchev–Trinajstić information content (AvgIpc) is 2.70. The molecule has 0 spiro atoms. The summed E-state index contributed by atoms with van der Waals surface area (Å²) in [5.74, 6) is 0.469. The van der Waals surface area contributed by atoms with E-state index in [2.05, 4.69) is 5.32 Å². The summed E-state index contributed by atoms with van der Waals surface area (Å²) in [5, 5.41) is 2.84. The largest absolute Gasteiger partial charge is 0.491 e. The van der Waals surface area contributed by atoms with E-state index >= 15 is 0 Å². The number of amides is 1. The maximum Gasteiger partial charge on any atom is 0.255 e. The van der Waals surface area contributed by atoms with Crippen LogP contribution in [0.15, 0.2) is 48.5 Å². The lowest BCUT2D eigenvalue weighted by molar-refractivity contribution is 0.102. The fourth-order valence-corrected chi connectivity index (χ4v) is 4.90. The van der Waals surface area contributed by atoms with Crippen LogP contribution < -0.4 is 10.1 Å². The van der Waals surface area contributed by atoms with Crippen LogP contribution in [-0.2, 0) is 15.8 Å². The molecule has 1 aliphatic heterocycles. The quantitative estimate of drug-likeness (QED) is 0.739. The van der Waals surface area contributed by atoms with Gasteiger partial charge in [0.05, 0.1) is 11.9 Å². The Bertz CT molecular complexity index is 916. The van der Waals surface area contributed by atoms with Gasteiger partial charge in [0.2, 0.25) is 10.0 Å². The molecular weight excluding hydrogens is 388 g/mol. The van der Waals surface area contributed by atoms with Gasteiger partial charge in [-0.1, -0.05) is 18.6 Å². The van der Waals surface area contributed by atoms with Gasteiger partial charge in [0.15, 0.2) is 0 Å². The standard InChI is InChI=1S/C22H28N2O4S/c1-17(2)28-21-12-10-20(11-13-21)23-22(25)19-8-6-18(7-9-19)16-29(26,27)24-14-4-3-5-15-24/h6-13,17H,3-5,14-16H2,1-2H3,(H,23,25). The van der Waals surface area contributed by atoms with Crippen molar-refractivity contribution >= 4 is 21.6 Å². The topological polar surface area (TPSA) is 75.7 Å². The highest BCUT2D eigenvalue weighted by molar-refractivity contribution is 7.88. The molecule has 1 fully saturated rings. The van der Waals surface area contributed by atoms with Crippen molar-refractivity contribution in [3.05, 3.63) is 59.7 Å². The minimum absolute atomic E-state index is 0.0355. The van der Waals surface area contributed by atoms with Gasteiger partial charge in [-0.05, 0) is 68.7 Å². The summed E-state index contributed by atoms with van der Waals surface area (Å²) in [4.78, 5) is 12.5. The number of nitrogens with one attached hydrogen (secondary N) is 1. The Morgan fingerprint density at radius 3 is 2.21 bits per heavy atom. The first-order valence-corrected chi connectivity index (χ1v) is 11.6. The summed E-state index contributed by atoms with van der Waals surface area (Å²) in [6.45, 7) is 5.11. The van der Waals surface area contributed by atoms with Crippen LogP contribution >= 0.6 is 0 Å². The number of carbonyl (C=O) groups excluding carboxylic acids is 1. The van der Waals surface area contributed by atoms with E-state index in [0.29, 0.717) is 29.9 Å². The van der Waals surface area contributed by atoms with Gasteiger partial charge < -0.3 is 10.1 Å². The van der Waals surface area contributed by atoms with Crippen molar-refractivity contribution in [2.75, 3.05) is 18.4 Å². The third-order valence-corrected chi connectivity index (χ3v) is 6.61. The number of hydrogen-bond donors (Lipinski definition) is 1. The number of sulfonamides is 1. The minimum Gasteiger partial charge on any atom is -0.491 e. The Balaban J connectivity index is 1.59. The monoisotopic (exact) mass is 416 g/mol. The molecule has 2 aromatic rings. The van der Waals surface area contributed by atoms with Crippen LogP contribution in [-0.4, -0.2) is 37.8 Å². The molecule has 0 aromatic heterocycles. The molecule has 2 aromatic carbocycles. The Morgan fingerprint density at radius 1 is 1.00 bits per heavy atom. The lowest BCUT2D eigenvalue weighted by Gasteiger charge is -2.25. The lowest BCUT2D eigenvalue weighted by atomic mass is 10.1. The van der Waals surface area contributed by atoms with E-state index in [-0.39, 0.29) is 17.8 Å². The van der Waals surface area contributed by atoms with Crippen LogP contribution in [0, 0.1) is 0 Å². The van der Waals surface area contributed by atoms with E-state index in [9.17, 15) is 13.2 Å². The normalized spacial score (nSPS) is 15.3. The number of piperidine rings is 1. The van der Waals surface area contributed by atoms with Crippen LogP contribution in [0.4, 0.5) is 5.69 Å². The first kappa shape index (κ1) is 21.3. The number of benzene rings is 2. The Labute approximate surface area is 172 Å². The molecule has 6 nitrogen and oxygen atoms in total. The molecule has 29 heavy (non-hydrogen) atoms. The molecule has 1 aliphatic rings. The van der Waals surface area contributed by atoms with Crippen molar-refractivity contribution in [2.24, 2.45) is 0 Å². The smallest absolute Gasteiger partial charge is 0.255 e. The molecule has 1 N–H and O–H groups in total. The fraction of sp³-hybridized carbons (Fsp3) is 0.409. The summed E-state index contributed by atoms with van der Waals surface area (Å²) >= 11 is 0. The van der Waals surface area contributed by atoms with Gasteiger partial charge in [0.1, 0.15) is 5.75 Å². The molecule has 0 unspecified atom stereocenters. The van der Waals surface area contributed by atoms with Gasteiger partial charge in [-0.3, -0.25) is 4.79 Å². The Morgan fingerprint density at radius 2 is 1.62 bits per heavy atom. The predicted octanol–water partition coefficient (Wildman–Crippen LogP) is 4.04. The van der Waals surface area contributed by atoms with E-state index in [1.54, 1.807) is 40.7 Å². The minimum atomic E-state index is -3.31. The average molecular weight is 417 g/mol. The molecule has 1 heterocycles. The first-order chi connectivity index (χ1) is 13.8. The Kier molecular flexibility index (Phi) is 6.92. The van der Waals surface area contributed by atoms with Crippen molar-refractivity contribution in [3.8, 4) is 5.75 Å². The second-order valence-electron chi connectivity index (χ2n) is 7.56. The highest BCUT2D eigenvalue weighted by atomic mass is 32.2. The molecule has 0 bridgehead atoms. The van der Waals surface area contributed by atoms with Crippen molar-refractivity contribution < 1.29 is 17.9 Å². The number of rotatable bonds is 7. The number of nitrogens with zero attached hydrogens (tertiary/aromatic N) is 1. The molecular formula is C22H28N2O4S. The van der Waals surface area contributed by atoms with E-state index in [0.717, 1.165) is 25.0 Å². The molecule has 1 amide bonds. The van der Waals surface area contributed by atoms with Crippen LogP contribution in [0.2, 0.25) is 0 Å². The summed E-state index contributed by atoms with van der Waals surface area (Å²) < 4.78 is 32.3. The third kappa shape index (κ3) is 6.05.